The zero-order chi connectivity index (χ0) is 20.6. The molecule has 156 valence electrons. The Balaban J connectivity index is 1.40. The molecule has 1 saturated heterocycles. The van der Waals surface area contributed by atoms with Crippen molar-refractivity contribution >= 4 is 16.1 Å². The van der Waals surface area contributed by atoms with Gasteiger partial charge in [0, 0.05) is 25.0 Å². The van der Waals surface area contributed by atoms with Crippen molar-refractivity contribution in [1.29, 1.82) is 0 Å². The van der Waals surface area contributed by atoms with E-state index in [0.717, 1.165) is 24.2 Å². The lowest BCUT2D eigenvalue weighted by atomic mass is 9.58. The number of hydrogen-bond donors (Lipinski definition) is 1. The number of nitrogens with zero attached hydrogens (tertiary/aromatic N) is 1. The number of carbonyl (C=O) groups is 1. The zero-order valence-electron chi connectivity index (χ0n) is 17.0. The summed E-state index contributed by atoms with van der Waals surface area (Å²) in [6.45, 7) is 7.16. The lowest BCUT2D eigenvalue weighted by Gasteiger charge is -2.58. The summed E-state index contributed by atoms with van der Waals surface area (Å²) < 4.78 is 37.9. The van der Waals surface area contributed by atoms with E-state index in [0.29, 0.717) is 13.1 Å². The number of nitrogens with one attached hydrogen (secondary N) is 1. The molecule has 3 rings (SSSR count). The van der Waals surface area contributed by atoms with E-state index in [2.05, 4.69) is 4.72 Å². The minimum atomic E-state index is -3.33. The first kappa shape index (κ1) is 20.9. The Morgan fingerprint density at radius 1 is 1.21 bits per heavy atom. The van der Waals surface area contributed by atoms with Gasteiger partial charge in [0.2, 0.25) is 10.0 Å². The minimum absolute atomic E-state index is 0.0904. The number of likely N-dealkylation sites (tertiary alicyclic amines) is 1. The first-order chi connectivity index (χ1) is 13.0. The highest BCUT2D eigenvalue weighted by Gasteiger charge is 2.54. The van der Waals surface area contributed by atoms with Crippen LogP contribution in [0.15, 0.2) is 24.3 Å². The van der Waals surface area contributed by atoms with E-state index in [1.807, 2.05) is 45.0 Å². The lowest BCUT2D eigenvalue weighted by Crippen LogP contribution is -2.65. The van der Waals surface area contributed by atoms with Gasteiger partial charge in [-0.2, -0.15) is 0 Å². The van der Waals surface area contributed by atoms with Crippen LogP contribution in [0.4, 0.5) is 4.79 Å². The van der Waals surface area contributed by atoms with Gasteiger partial charge in [-0.15, -0.1) is 0 Å². The largest absolute Gasteiger partial charge is 0.497 e. The van der Waals surface area contributed by atoms with Crippen LogP contribution in [0, 0.1) is 11.3 Å². The molecule has 1 aliphatic heterocycles. The molecule has 7 nitrogen and oxygen atoms in total. The molecule has 0 bridgehead atoms. The Morgan fingerprint density at radius 3 is 2.36 bits per heavy atom. The molecule has 28 heavy (non-hydrogen) atoms. The first-order valence-corrected chi connectivity index (χ1v) is 11.2. The first-order valence-electron chi connectivity index (χ1n) is 9.57. The van der Waals surface area contributed by atoms with Gasteiger partial charge in [-0.3, -0.25) is 0 Å². The second-order valence-corrected chi connectivity index (χ2v) is 10.9. The van der Waals surface area contributed by atoms with E-state index < -0.39 is 15.6 Å². The van der Waals surface area contributed by atoms with Gasteiger partial charge in [0.05, 0.1) is 12.9 Å². The lowest BCUT2D eigenvalue weighted by molar-refractivity contribution is -0.0902. The van der Waals surface area contributed by atoms with Crippen molar-refractivity contribution in [3.63, 3.8) is 0 Å². The molecule has 8 heteroatoms. The predicted molar refractivity (Wildman–Crippen MR) is 107 cm³/mol. The number of methoxy groups -OCH3 is 1. The molecule has 0 unspecified atom stereocenters. The van der Waals surface area contributed by atoms with Crippen LogP contribution in [0.5, 0.6) is 5.75 Å². The number of rotatable bonds is 6. The molecule has 0 aromatic heterocycles. The predicted octanol–water partition coefficient (Wildman–Crippen LogP) is 2.76. The van der Waals surface area contributed by atoms with Gasteiger partial charge in [-0.25, -0.2) is 17.9 Å². The van der Waals surface area contributed by atoms with Crippen LogP contribution in [-0.2, 0) is 21.3 Å². The summed E-state index contributed by atoms with van der Waals surface area (Å²) in [7, 11) is -1.74. The third-order valence-electron chi connectivity index (χ3n) is 5.26. The van der Waals surface area contributed by atoms with E-state index >= 15 is 0 Å². The third kappa shape index (κ3) is 5.17. The van der Waals surface area contributed by atoms with Crippen LogP contribution in [0.1, 0.15) is 39.2 Å². The molecule has 1 aromatic carbocycles. The van der Waals surface area contributed by atoms with Crippen LogP contribution >= 0.6 is 0 Å². The molecule has 1 amide bonds. The molecule has 2 fully saturated rings. The van der Waals surface area contributed by atoms with Crippen molar-refractivity contribution in [2.24, 2.45) is 11.3 Å². The smallest absolute Gasteiger partial charge is 0.410 e. The van der Waals surface area contributed by atoms with Gasteiger partial charge in [0.1, 0.15) is 11.4 Å². The minimum Gasteiger partial charge on any atom is -0.497 e. The summed E-state index contributed by atoms with van der Waals surface area (Å²) >= 11 is 0. The monoisotopic (exact) mass is 410 g/mol. The quantitative estimate of drug-likeness (QED) is 0.779. The van der Waals surface area contributed by atoms with Crippen molar-refractivity contribution in [1.82, 2.24) is 9.62 Å². The molecule has 0 radical (unpaired) electrons. The second kappa shape index (κ2) is 7.55. The molecule has 1 N–H and O–H groups in total. The van der Waals surface area contributed by atoms with Crippen molar-refractivity contribution in [2.75, 3.05) is 26.0 Å². The fraction of sp³-hybridized carbons (Fsp3) is 0.650. The van der Waals surface area contributed by atoms with Crippen LogP contribution in [-0.4, -0.2) is 51.0 Å². The number of hydrogen-bond acceptors (Lipinski definition) is 5. The van der Waals surface area contributed by atoms with Gasteiger partial charge in [-0.1, -0.05) is 12.1 Å². The van der Waals surface area contributed by atoms with Crippen LogP contribution < -0.4 is 9.46 Å². The summed E-state index contributed by atoms with van der Waals surface area (Å²) in [5.41, 5.74) is 0.486. The number of carbonyl (C=O) groups excluding carboxylic acids is 1. The Kier molecular flexibility index (Phi) is 5.64. The number of benzene rings is 1. The van der Waals surface area contributed by atoms with E-state index in [9.17, 15) is 13.2 Å². The average Bonchev–Trinajstić information content (AvgIpc) is 2.52. The van der Waals surface area contributed by atoms with E-state index in [1.54, 1.807) is 12.0 Å². The Bertz CT molecular complexity index is 800. The van der Waals surface area contributed by atoms with Crippen molar-refractivity contribution in [2.45, 2.75) is 45.8 Å². The van der Waals surface area contributed by atoms with Gasteiger partial charge in [-0.05, 0) is 57.2 Å². The highest BCUT2D eigenvalue weighted by Crippen LogP contribution is 2.52. The molecule has 1 heterocycles. The van der Waals surface area contributed by atoms with Gasteiger partial charge in [0.15, 0.2) is 0 Å². The standard InChI is InChI=1S/C20H30N2O5S/c1-19(2,3)27-18(23)22-13-20(14-22)9-16(10-20)12-28(24,25)21-11-15-5-7-17(26-4)8-6-15/h5-8,16,21H,9-14H2,1-4H3. The summed E-state index contributed by atoms with van der Waals surface area (Å²) in [5, 5.41) is 0. The van der Waals surface area contributed by atoms with Crippen molar-refractivity contribution in [3.8, 4) is 5.75 Å². The molecule has 1 aromatic rings. The summed E-state index contributed by atoms with van der Waals surface area (Å²) in [5.74, 6) is 1.03. The average molecular weight is 411 g/mol. The summed E-state index contributed by atoms with van der Waals surface area (Å²) in [6.07, 6.45) is 1.40. The Labute approximate surface area is 167 Å². The maximum atomic E-state index is 12.4. The van der Waals surface area contributed by atoms with Gasteiger partial charge >= 0.3 is 6.09 Å². The van der Waals surface area contributed by atoms with E-state index in [1.165, 1.54) is 0 Å². The highest BCUT2D eigenvalue weighted by atomic mass is 32.2. The van der Waals surface area contributed by atoms with Gasteiger partial charge in [0.25, 0.3) is 0 Å². The van der Waals surface area contributed by atoms with Crippen molar-refractivity contribution < 1.29 is 22.7 Å². The molecule has 2 aliphatic rings. The van der Waals surface area contributed by atoms with E-state index in [4.69, 9.17) is 9.47 Å². The normalized spacial score (nSPS) is 19.1. The fourth-order valence-electron chi connectivity index (χ4n) is 4.07. The van der Waals surface area contributed by atoms with Crippen molar-refractivity contribution in [3.05, 3.63) is 29.8 Å². The molecule has 1 spiro atoms. The summed E-state index contributed by atoms with van der Waals surface area (Å²) in [4.78, 5) is 13.7. The Morgan fingerprint density at radius 2 is 1.82 bits per heavy atom. The topological polar surface area (TPSA) is 84.9 Å². The van der Waals surface area contributed by atoms with Crippen LogP contribution in [0.3, 0.4) is 0 Å². The van der Waals surface area contributed by atoms with E-state index in [-0.39, 0.29) is 29.7 Å². The SMILES string of the molecule is COc1ccc(CNS(=O)(=O)CC2CC3(C2)CN(C(=O)OC(C)(C)C)C3)cc1. The number of sulfonamides is 1. The fourth-order valence-corrected chi connectivity index (χ4v) is 5.43. The third-order valence-corrected chi connectivity index (χ3v) is 6.75. The number of ether oxygens (including phenoxy) is 2. The summed E-state index contributed by atoms with van der Waals surface area (Å²) in [6, 6.07) is 7.32. The Hall–Kier alpha value is -1.80. The molecule has 1 saturated carbocycles. The second-order valence-electron chi connectivity index (χ2n) is 9.06. The maximum absolute atomic E-state index is 12.4. The highest BCUT2D eigenvalue weighted by molar-refractivity contribution is 7.89. The number of amides is 1. The van der Waals surface area contributed by atoms with Gasteiger partial charge < -0.3 is 14.4 Å². The van der Waals surface area contributed by atoms with Crippen LogP contribution in [0.2, 0.25) is 0 Å². The molecule has 1 aliphatic carbocycles. The molecular formula is C20H30N2O5S. The molecular weight excluding hydrogens is 380 g/mol. The zero-order valence-corrected chi connectivity index (χ0v) is 17.8. The van der Waals surface area contributed by atoms with Crippen LogP contribution in [0.25, 0.3) is 0 Å². The maximum Gasteiger partial charge on any atom is 0.410 e. The molecule has 0 atom stereocenters.